The zero-order valence-corrected chi connectivity index (χ0v) is 13.8. The highest BCUT2D eigenvalue weighted by Crippen LogP contribution is 2.27. The van der Waals surface area contributed by atoms with Crippen LogP contribution in [0.3, 0.4) is 0 Å². The monoisotopic (exact) mass is 328 g/mol. The van der Waals surface area contributed by atoms with Crippen LogP contribution in [-0.2, 0) is 0 Å². The average molecular weight is 329 g/mol. The molecule has 0 heterocycles. The molecule has 2 nitrogen and oxygen atoms in total. The molecule has 0 fully saturated rings. The van der Waals surface area contributed by atoms with E-state index in [0.29, 0.717) is 10.9 Å². The predicted octanol–water partition coefficient (Wildman–Crippen LogP) is 4.18. The Hall–Kier alpha value is -0.610. The van der Waals surface area contributed by atoms with Crippen LogP contribution >= 0.6 is 28.1 Å². The SMILES string of the molecule is CC(CNc1ccc(Br)cc1C(N)=S)C(C)(C)C. The lowest BCUT2D eigenvalue weighted by molar-refractivity contribution is 0.274. The lowest BCUT2D eigenvalue weighted by atomic mass is 9.82. The minimum atomic E-state index is 0.283. The Morgan fingerprint density at radius 2 is 2.06 bits per heavy atom. The number of nitrogens with one attached hydrogen (secondary N) is 1. The highest BCUT2D eigenvalue weighted by molar-refractivity contribution is 9.10. The molecule has 0 saturated heterocycles. The van der Waals surface area contributed by atoms with Crippen molar-refractivity contribution >= 4 is 38.8 Å². The summed E-state index contributed by atoms with van der Waals surface area (Å²) in [4.78, 5) is 0.419. The molecule has 0 radical (unpaired) electrons. The third-order valence-electron chi connectivity index (χ3n) is 3.32. The van der Waals surface area contributed by atoms with Crippen molar-refractivity contribution in [3.8, 4) is 0 Å². The van der Waals surface area contributed by atoms with Crippen molar-refractivity contribution in [2.24, 2.45) is 17.1 Å². The topological polar surface area (TPSA) is 38.0 Å². The number of halogens is 1. The van der Waals surface area contributed by atoms with E-state index >= 15 is 0 Å². The Morgan fingerprint density at radius 1 is 1.44 bits per heavy atom. The first-order valence-corrected chi connectivity index (χ1v) is 7.25. The molecule has 3 N–H and O–H groups in total. The van der Waals surface area contributed by atoms with Crippen molar-refractivity contribution in [3.63, 3.8) is 0 Å². The number of hydrogen-bond acceptors (Lipinski definition) is 2. The Kier molecular flexibility index (Phi) is 5.17. The van der Waals surface area contributed by atoms with Gasteiger partial charge in [-0.15, -0.1) is 0 Å². The maximum absolute atomic E-state index is 5.75. The number of benzene rings is 1. The molecule has 4 heteroatoms. The summed E-state index contributed by atoms with van der Waals surface area (Å²) in [7, 11) is 0. The van der Waals surface area contributed by atoms with Gasteiger partial charge in [0, 0.05) is 22.3 Å². The number of thiocarbonyl (C=S) groups is 1. The van der Waals surface area contributed by atoms with Crippen LogP contribution in [0.4, 0.5) is 5.69 Å². The second-order valence-corrected chi connectivity index (χ2v) is 7.06. The molecular formula is C14H21BrN2S. The summed E-state index contributed by atoms with van der Waals surface area (Å²) in [6.07, 6.45) is 0. The number of hydrogen-bond donors (Lipinski definition) is 2. The van der Waals surface area contributed by atoms with Gasteiger partial charge in [0.05, 0.1) is 0 Å². The van der Waals surface area contributed by atoms with Crippen LogP contribution in [0.5, 0.6) is 0 Å². The van der Waals surface area contributed by atoms with Gasteiger partial charge in [0.2, 0.25) is 0 Å². The van der Waals surface area contributed by atoms with Gasteiger partial charge < -0.3 is 11.1 Å². The minimum absolute atomic E-state index is 0.283. The van der Waals surface area contributed by atoms with Crippen LogP contribution in [0.1, 0.15) is 33.3 Å². The third kappa shape index (κ3) is 4.25. The second kappa shape index (κ2) is 6.02. The number of nitrogens with two attached hydrogens (primary N) is 1. The van der Waals surface area contributed by atoms with Crippen LogP contribution in [0.25, 0.3) is 0 Å². The van der Waals surface area contributed by atoms with Gasteiger partial charge in [-0.2, -0.15) is 0 Å². The summed E-state index contributed by atoms with van der Waals surface area (Å²) in [6.45, 7) is 9.88. The van der Waals surface area contributed by atoms with E-state index < -0.39 is 0 Å². The normalized spacial score (nSPS) is 13.2. The van der Waals surface area contributed by atoms with Gasteiger partial charge in [-0.1, -0.05) is 55.8 Å². The van der Waals surface area contributed by atoms with E-state index in [1.165, 1.54) is 0 Å². The molecule has 1 rings (SSSR count). The highest BCUT2D eigenvalue weighted by Gasteiger charge is 2.19. The molecular weight excluding hydrogens is 308 g/mol. The molecule has 0 amide bonds. The van der Waals surface area contributed by atoms with Crippen molar-refractivity contribution in [1.29, 1.82) is 0 Å². The summed E-state index contributed by atoms with van der Waals surface area (Å²) < 4.78 is 0.986. The first kappa shape index (κ1) is 15.4. The van der Waals surface area contributed by atoms with Gasteiger partial charge >= 0.3 is 0 Å². The molecule has 0 aromatic heterocycles. The van der Waals surface area contributed by atoms with Gasteiger partial charge in [-0.05, 0) is 29.5 Å². The molecule has 1 unspecified atom stereocenters. The van der Waals surface area contributed by atoms with Crippen molar-refractivity contribution in [2.75, 3.05) is 11.9 Å². The van der Waals surface area contributed by atoms with Crippen LogP contribution in [0, 0.1) is 11.3 Å². The largest absolute Gasteiger partial charge is 0.389 e. The predicted molar refractivity (Wildman–Crippen MR) is 87.1 cm³/mol. The molecule has 1 aromatic carbocycles. The first-order chi connectivity index (χ1) is 8.21. The lowest BCUT2D eigenvalue weighted by Gasteiger charge is -2.28. The molecule has 18 heavy (non-hydrogen) atoms. The van der Waals surface area contributed by atoms with Gasteiger partial charge in [-0.3, -0.25) is 0 Å². The standard InChI is InChI=1S/C14H21BrN2S/c1-9(14(2,3)4)8-17-12-6-5-10(15)7-11(12)13(16)18/h5-7,9,17H,8H2,1-4H3,(H2,16,18). The average Bonchev–Trinajstić information content (AvgIpc) is 2.25. The molecule has 100 valence electrons. The third-order valence-corrected chi connectivity index (χ3v) is 4.04. The van der Waals surface area contributed by atoms with Crippen molar-refractivity contribution in [1.82, 2.24) is 0 Å². The molecule has 0 aliphatic carbocycles. The van der Waals surface area contributed by atoms with E-state index in [0.717, 1.165) is 22.3 Å². The Bertz CT molecular complexity index is 438. The molecule has 1 atom stereocenters. The molecule has 1 aromatic rings. The zero-order chi connectivity index (χ0) is 13.9. The van der Waals surface area contributed by atoms with E-state index in [-0.39, 0.29) is 5.41 Å². The van der Waals surface area contributed by atoms with Crippen molar-refractivity contribution in [2.45, 2.75) is 27.7 Å². The quantitative estimate of drug-likeness (QED) is 0.814. The van der Waals surface area contributed by atoms with E-state index in [2.05, 4.69) is 48.9 Å². The van der Waals surface area contributed by atoms with Crippen LogP contribution in [0.15, 0.2) is 22.7 Å². The minimum Gasteiger partial charge on any atom is -0.389 e. The Morgan fingerprint density at radius 3 is 2.56 bits per heavy atom. The fourth-order valence-corrected chi connectivity index (χ4v) is 1.97. The molecule has 0 saturated carbocycles. The Labute approximate surface area is 123 Å². The first-order valence-electron chi connectivity index (χ1n) is 6.05. The zero-order valence-electron chi connectivity index (χ0n) is 11.4. The summed E-state index contributed by atoms with van der Waals surface area (Å²) in [5.41, 5.74) is 7.92. The van der Waals surface area contributed by atoms with Crippen LogP contribution < -0.4 is 11.1 Å². The van der Waals surface area contributed by atoms with Crippen molar-refractivity contribution in [3.05, 3.63) is 28.2 Å². The summed E-state index contributed by atoms with van der Waals surface area (Å²) in [5, 5.41) is 3.44. The number of anilines is 1. The maximum atomic E-state index is 5.75. The fraction of sp³-hybridized carbons (Fsp3) is 0.500. The van der Waals surface area contributed by atoms with E-state index in [9.17, 15) is 0 Å². The number of rotatable bonds is 4. The lowest BCUT2D eigenvalue weighted by Crippen LogP contribution is -2.25. The van der Waals surface area contributed by atoms with Crippen molar-refractivity contribution < 1.29 is 0 Å². The van der Waals surface area contributed by atoms with E-state index in [1.54, 1.807) is 0 Å². The molecule has 0 bridgehead atoms. The summed E-state index contributed by atoms with van der Waals surface area (Å²) in [6, 6.07) is 5.95. The summed E-state index contributed by atoms with van der Waals surface area (Å²) >= 11 is 8.51. The molecule has 0 spiro atoms. The van der Waals surface area contributed by atoms with E-state index in [4.69, 9.17) is 18.0 Å². The van der Waals surface area contributed by atoms with E-state index in [1.807, 2.05) is 18.2 Å². The second-order valence-electron chi connectivity index (χ2n) is 5.70. The smallest absolute Gasteiger partial charge is 0.106 e. The van der Waals surface area contributed by atoms with Crippen LogP contribution in [-0.4, -0.2) is 11.5 Å². The van der Waals surface area contributed by atoms with Gasteiger partial charge in [0.1, 0.15) is 4.99 Å². The molecule has 0 aliphatic rings. The highest BCUT2D eigenvalue weighted by atomic mass is 79.9. The van der Waals surface area contributed by atoms with Gasteiger partial charge in [0.25, 0.3) is 0 Å². The van der Waals surface area contributed by atoms with Gasteiger partial charge in [0.15, 0.2) is 0 Å². The summed E-state index contributed by atoms with van der Waals surface area (Å²) in [5.74, 6) is 0.556. The fourth-order valence-electron chi connectivity index (χ4n) is 1.44. The maximum Gasteiger partial charge on any atom is 0.106 e. The molecule has 0 aliphatic heterocycles. The van der Waals surface area contributed by atoms with Gasteiger partial charge in [-0.25, -0.2) is 0 Å². The Balaban J connectivity index is 2.82. The van der Waals surface area contributed by atoms with Crippen LogP contribution in [0.2, 0.25) is 0 Å².